The first-order chi connectivity index (χ1) is 7.22. The van der Waals surface area contributed by atoms with E-state index in [4.69, 9.17) is 4.74 Å². The van der Waals surface area contributed by atoms with Gasteiger partial charge in [-0.05, 0) is 18.2 Å². The van der Waals surface area contributed by atoms with Gasteiger partial charge in [-0.2, -0.15) is 0 Å². The Balaban J connectivity index is 2.40. The Morgan fingerprint density at radius 1 is 1.53 bits per heavy atom. The number of nitrogens with one attached hydrogen (secondary N) is 1. The van der Waals surface area contributed by atoms with Gasteiger partial charge in [0.1, 0.15) is 11.6 Å². The first kappa shape index (κ1) is 10.1. The summed E-state index contributed by atoms with van der Waals surface area (Å²) in [4.78, 5) is 11.5. The number of hydrogen-bond acceptors (Lipinski definition) is 3. The largest absolute Gasteiger partial charge is 0.496 e. The van der Waals surface area contributed by atoms with E-state index in [2.05, 4.69) is 5.32 Å². The minimum atomic E-state index is -0.421. The molecule has 0 saturated carbocycles. The molecule has 1 fully saturated rings. The van der Waals surface area contributed by atoms with Gasteiger partial charge in [0.25, 0.3) is 0 Å². The van der Waals surface area contributed by atoms with Crippen LogP contribution in [-0.4, -0.2) is 19.4 Å². The Morgan fingerprint density at radius 2 is 2.33 bits per heavy atom. The molecule has 0 aromatic heterocycles. The SMILES string of the molecule is COc1ccc(F)cc1C1NCCC1=O. The number of rotatable bonds is 2. The Hall–Kier alpha value is -1.42. The maximum Gasteiger partial charge on any atom is 0.155 e. The van der Waals surface area contributed by atoms with Crippen LogP contribution in [0.5, 0.6) is 5.75 Å². The van der Waals surface area contributed by atoms with Crippen LogP contribution in [-0.2, 0) is 4.79 Å². The highest BCUT2D eigenvalue weighted by molar-refractivity contribution is 5.88. The summed E-state index contributed by atoms with van der Waals surface area (Å²) in [5, 5.41) is 3.03. The van der Waals surface area contributed by atoms with Crippen molar-refractivity contribution in [1.82, 2.24) is 5.32 Å². The monoisotopic (exact) mass is 209 g/mol. The van der Waals surface area contributed by atoms with E-state index in [0.717, 1.165) is 0 Å². The Morgan fingerprint density at radius 3 is 2.93 bits per heavy atom. The minimum absolute atomic E-state index is 0.0823. The van der Waals surface area contributed by atoms with Crippen molar-refractivity contribution < 1.29 is 13.9 Å². The summed E-state index contributed by atoms with van der Waals surface area (Å²) in [6.07, 6.45) is 0.490. The second-order valence-corrected chi connectivity index (χ2v) is 3.49. The number of benzene rings is 1. The molecule has 0 spiro atoms. The summed E-state index contributed by atoms with van der Waals surface area (Å²) < 4.78 is 18.2. The maximum absolute atomic E-state index is 13.1. The molecule has 1 atom stereocenters. The van der Waals surface area contributed by atoms with Gasteiger partial charge in [0, 0.05) is 18.5 Å². The van der Waals surface area contributed by atoms with Crippen molar-refractivity contribution in [2.75, 3.05) is 13.7 Å². The second kappa shape index (κ2) is 3.98. The smallest absolute Gasteiger partial charge is 0.155 e. The highest BCUT2D eigenvalue weighted by atomic mass is 19.1. The average Bonchev–Trinajstić information content (AvgIpc) is 2.64. The molecule has 1 aliphatic heterocycles. The van der Waals surface area contributed by atoms with E-state index in [1.807, 2.05) is 0 Å². The van der Waals surface area contributed by atoms with E-state index < -0.39 is 6.04 Å². The zero-order valence-electron chi connectivity index (χ0n) is 8.42. The molecule has 1 unspecified atom stereocenters. The molecule has 0 radical (unpaired) electrons. The van der Waals surface area contributed by atoms with Crippen LogP contribution in [0, 0.1) is 5.82 Å². The fourth-order valence-electron chi connectivity index (χ4n) is 1.81. The van der Waals surface area contributed by atoms with Gasteiger partial charge in [0.2, 0.25) is 0 Å². The van der Waals surface area contributed by atoms with Crippen LogP contribution in [0.4, 0.5) is 4.39 Å². The summed E-state index contributed by atoms with van der Waals surface area (Å²) in [5.74, 6) is 0.273. The third-order valence-electron chi connectivity index (χ3n) is 2.54. The number of ether oxygens (including phenoxy) is 1. The van der Waals surface area contributed by atoms with E-state index in [1.165, 1.54) is 25.3 Å². The fraction of sp³-hybridized carbons (Fsp3) is 0.364. The molecule has 0 bridgehead atoms. The summed E-state index contributed by atoms with van der Waals surface area (Å²) in [7, 11) is 1.51. The summed E-state index contributed by atoms with van der Waals surface area (Å²) in [6.45, 7) is 0.642. The Labute approximate surface area is 87.2 Å². The third kappa shape index (κ3) is 1.85. The zero-order valence-corrected chi connectivity index (χ0v) is 8.42. The van der Waals surface area contributed by atoms with Crippen molar-refractivity contribution >= 4 is 5.78 Å². The van der Waals surface area contributed by atoms with Crippen LogP contribution in [0.2, 0.25) is 0 Å². The average molecular weight is 209 g/mol. The number of carbonyl (C=O) groups excluding carboxylic acids is 1. The molecule has 15 heavy (non-hydrogen) atoms. The van der Waals surface area contributed by atoms with E-state index in [0.29, 0.717) is 24.3 Å². The van der Waals surface area contributed by atoms with Gasteiger partial charge in [-0.3, -0.25) is 4.79 Å². The molecule has 1 aromatic carbocycles. The lowest BCUT2D eigenvalue weighted by atomic mass is 10.0. The molecule has 1 heterocycles. The van der Waals surface area contributed by atoms with Crippen LogP contribution in [0.15, 0.2) is 18.2 Å². The van der Waals surface area contributed by atoms with Crippen molar-refractivity contribution in [3.63, 3.8) is 0 Å². The number of hydrogen-bond donors (Lipinski definition) is 1. The molecular weight excluding hydrogens is 197 g/mol. The molecule has 4 heteroatoms. The van der Waals surface area contributed by atoms with Crippen LogP contribution >= 0.6 is 0 Å². The van der Waals surface area contributed by atoms with E-state index >= 15 is 0 Å². The van der Waals surface area contributed by atoms with Crippen molar-refractivity contribution in [3.05, 3.63) is 29.6 Å². The highest BCUT2D eigenvalue weighted by Crippen LogP contribution is 2.29. The molecule has 0 aliphatic carbocycles. The van der Waals surface area contributed by atoms with Crippen molar-refractivity contribution in [1.29, 1.82) is 0 Å². The predicted molar refractivity (Wildman–Crippen MR) is 53.3 cm³/mol. The maximum atomic E-state index is 13.1. The quantitative estimate of drug-likeness (QED) is 0.800. The lowest BCUT2D eigenvalue weighted by Gasteiger charge is -2.13. The summed E-state index contributed by atoms with van der Waals surface area (Å²) in [5.41, 5.74) is 0.583. The lowest BCUT2D eigenvalue weighted by Crippen LogP contribution is -2.18. The van der Waals surface area contributed by atoms with Crippen molar-refractivity contribution in [2.24, 2.45) is 0 Å². The third-order valence-corrected chi connectivity index (χ3v) is 2.54. The first-order valence-electron chi connectivity index (χ1n) is 4.82. The van der Waals surface area contributed by atoms with Gasteiger partial charge in [0.05, 0.1) is 13.2 Å². The van der Waals surface area contributed by atoms with Gasteiger partial charge in [0.15, 0.2) is 5.78 Å². The lowest BCUT2D eigenvalue weighted by molar-refractivity contribution is -0.118. The Kier molecular flexibility index (Phi) is 2.68. The molecule has 1 saturated heterocycles. The highest BCUT2D eigenvalue weighted by Gasteiger charge is 2.28. The van der Waals surface area contributed by atoms with E-state index in [1.54, 1.807) is 0 Å². The van der Waals surface area contributed by atoms with Crippen LogP contribution in [0.25, 0.3) is 0 Å². The summed E-state index contributed by atoms with van der Waals surface area (Å²) in [6, 6.07) is 3.79. The number of ketones is 1. The van der Waals surface area contributed by atoms with Crippen molar-refractivity contribution in [3.8, 4) is 5.75 Å². The van der Waals surface area contributed by atoms with Gasteiger partial charge in [-0.1, -0.05) is 0 Å². The predicted octanol–water partition coefficient (Wildman–Crippen LogP) is 1.44. The topological polar surface area (TPSA) is 38.3 Å². The summed E-state index contributed by atoms with van der Waals surface area (Å²) >= 11 is 0. The molecule has 1 aliphatic rings. The van der Waals surface area contributed by atoms with Crippen LogP contribution in [0.1, 0.15) is 18.0 Å². The Bertz CT molecular complexity index is 392. The molecule has 1 N–H and O–H groups in total. The van der Waals surface area contributed by atoms with Crippen molar-refractivity contribution in [2.45, 2.75) is 12.5 Å². The number of carbonyl (C=O) groups is 1. The van der Waals surface area contributed by atoms with Gasteiger partial charge in [-0.25, -0.2) is 4.39 Å². The number of Topliss-reactive ketones (excluding diaryl/α,β-unsaturated/α-hetero) is 1. The van der Waals surface area contributed by atoms with E-state index in [9.17, 15) is 9.18 Å². The van der Waals surface area contributed by atoms with Crippen LogP contribution in [0.3, 0.4) is 0 Å². The van der Waals surface area contributed by atoms with Crippen LogP contribution < -0.4 is 10.1 Å². The van der Waals surface area contributed by atoms with E-state index in [-0.39, 0.29) is 11.6 Å². The first-order valence-corrected chi connectivity index (χ1v) is 4.82. The number of methoxy groups -OCH3 is 1. The normalized spacial score (nSPS) is 20.7. The minimum Gasteiger partial charge on any atom is -0.496 e. The molecule has 80 valence electrons. The second-order valence-electron chi connectivity index (χ2n) is 3.49. The molecular formula is C11H12FNO2. The van der Waals surface area contributed by atoms with Gasteiger partial charge in [-0.15, -0.1) is 0 Å². The molecule has 2 rings (SSSR count). The zero-order chi connectivity index (χ0) is 10.8. The van der Waals surface area contributed by atoms with Gasteiger partial charge >= 0.3 is 0 Å². The molecule has 1 aromatic rings. The number of halogens is 1. The fourth-order valence-corrected chi connectivity index (χ4v) is 1.81. The standard InChI is InChI=1S/C11H12FNO2/c1-15-10-3-2-7(12)6-8(10)11-9(14)4-5-13-11/h2-3,6,11,13H,4-5H2,1H3. The molecule has 0 amide bonds. The van der Waals surface area contributed by atoms with Gasteiger partial charge < -0.3 is 10.1 Å². The molecule has 3 nitrogen and oxygen atoms in total.